The maximum Gasteiger partial charge on any atom is 0.336 e. The van der Waals surface area contributed by atoms with Crippen molar-refractivity contribution < 1.29 is 23.8 Å². The fourth-order valence-corrected chi connectivity index (χ4v) is 5.43. The summed E-state index contributed by atoms with van der Waals surface area (Å²) < 4.78 is 18.4. The Morgan fingerprint density at radius 1 is 1.14 bits per heavy atom. The number of ether oxygens (including phenoxy) is 3. The van der Waals surface area contributed by atoms with Gasteiger partial charge in [0.2, 0.25) is 5.91 Å². The first-order valence-electron chi connectivity index (χ1n) is 12.8. The van der Waals surface area contributed by atoms with Gasteiger partial charge < -0.3 is 19.1 Å². The Labute approximate surface area is 237 Å². The van der Waals surface area contributed by atoms with Gasteiger partial charge in [-0.2, -0.15) is 0 Å². The minimum Gasteiger partial charge on any atom is -0.494 e. The van der Waals surface area contributed by atoms with Crippen LogP contribution in [0.4, 0.5) is 0 Å². The van der Waals surface area contributed by atoms with Crippen molar-refractivity contribution in [3.63, 3.8) is 0 Å². The second kappa shape index (κ2) is 13.6. The lowest BCUT2D eigenvalue weighted by Gasteiger charge is -2.35. The largest absolute Gasteiger partial charge is 0.494 e. The molecule has 1 fully saturated rings. The number of hydrogen-bond donors (Lipinski definition) is 0. The maximum atomic E-state index is 13.5. The Bertz CT molecular complexity index is 1100. The van der Waals surface area contributed by atoms with E-state index in [-0.39, 0.29) is 25.0 Å². The minimum atomic E-state index is -0.415. The van der Waals surface area contributed by atoms with Crippen LogP contribution >= 0.6 is 34.2 Å². The molecule has 1 amide bonds. The van der Waals surface area contributed by atoms with Crippen molar-refractivity contribution >= 4 is 46.1 Å². The van der Waals surface area contributed by atoms with Crippen molar-refractivity contribution in [3.05, 3.63) is 76.0 Å². The molecule has 0 spiro atoms. The lowest BCUT2D eigenvalue weighted by atomic mass is 9.83. The number of benzene rings is 2. The van der Waals surface area contributed by atoms with Crippen molar-refractivity contribution in [2.45, 2.75) is 57.7 Å². The van der Waals surface area contributed by atoms with Gasteiger partial charge in [-0.15, -0.1) is 0 Å². The molecule has 198 valence electrons. The second-order valence-corrected chi connectivity index (χ2v) is 10.9. The molecule has 8 heteroatoms. The summed E-state index contributed by atoms with van der Waals surface area (Å²) in [5, 5.41) is 0.605. The number of hydrogen-bond acceptors (Lipinski definition) is 5. The molecule has 1 unspecified atom stereocenters. The van der Waals surface area contributed by atoms with Crippen LogP contribution in [-0.2, 0) is 25.7 Å². The molecule has 0 radical (unpaired) electrons. The van der Waals surface area contributed by atoms with E-state index < -0.39 is 11.9 Å². The summed E-state index contributed by atoms with van der Waals surface area (Å²) in [4.78, 5) is 28.4. The summed E-state index contributed by atoms with van der Waals surface area (Å²) in [5.74, 6) is -0.0169. The number of nitrogens with zero attached hydrogens (tertiary/aromatic N) is 1. The lowest BCUT2D eigenvalue weighted by molar-refractivity contribution is -0.141. The molecule has 37 heavy (non-hydrogen) atoms. The highest BCUT2D eigenvalue weighted by atomic mass is 127. The van der Waals surface area contributed by atoms with Gasteiger partial charge in [-0.3, -0.25) is 4.79 Å². The third-order valence-corrected chi connectivity index (χ3v) is 7.83. The fraction of sp³-hybridized carbons (Fsp3) is 0.448. The third-order valence-electron chi connectivity index (χ3n) is 6.82. The number of amides is 1. The van der Waals surface area contributed by atoms with E-state index in [0.717, 1.165) is 47.0 Å². The molecule has 0 aromatic heterocycles. The van der Waals surface area contributed by atoms with Crippen LogP contribution in [0.5, 0.6) is 5.75 Å². The van der Waals surface area contributed by atoms with Gasteiger partial charge in [0, 0.05) is 29.7 Å². The molecular weight excluding hydrogens is 605 g/mol. The van der Waals surface area contributed by atoms with Gasteiger partial charge in [0.05, 0.1) is 24.8 Å². The predicted octanol–water partition coefficient (Wildman–Crippen LogP) is 6.45. The average molecular weight is 638 g/mol. The zero-order chi connectivity index (χ0) is 26.2. The molecule has 2 aliphatic rings. The smallest absolute Gasteiger partial charge is 0.336 e. The number of alkyl halides is 1. The van der Waals surface area contributed by atoms with Crippen LogP contribution in [-0.4, -0.2) is 47.1 Å². The van der Waals surface area contributed by atoms with E-state index in [0.29, 0.717) is 36.1 Å². The molecule has 2 aromatic rings. The molecule has 0 aliphatic carbocycles. The van der Waals surface area contributed by atoms with E-state index in [2.05, 4.69) is 22.6 Å². The SMILES string of the molecule is CC1=C(C(=O)OCc2ccc(OCCCCI)cc2)C(c2ccc(Cl)cc2)CC(=O)N1C[C@H]1CCCO1. The van der Waals surface area contributed by atoms with Gasteiger partial charge in [-0.05, 0) is 72.4 Å². The predicted molar refractivity (Wildman–Crippen MR) is 152 cm³/mol. The van der Waals surface area contributed by atoms with E-state index in [9.17, 15) is 9.59 Å². The van der Waals surface area contributed by atoms with Crippen LogP contribution in [0.3, 0.4) is 0 Å². The van der Waals surface area contributed by atoms with Gasteiger partial charge in [-0.25, -0.2) is 4.79 Å². The van der Waals surface area contributed by atoms with Crippen molar-refractivity contribution in [1.82, 2.24) is 4.90 Å². The molecule has 0 bridgehead atoms. The first kappa shape index (κ1) is 27.9. The zero-order valence-corrected chi connectivity index (χ0v) is 24.0. The molecule has 1 saturated heterocycles. The second-order valence-electron chi connectivity index (χ2n) is 9.41. The first-order chi connectivity index (χ1) is 18.0. The number of carbonyl (C=O) groups excluding carboxylic acids is 2. The zero-order valence-electron chi connectivity index (χ0n) is 21.1. The van der Waals surface area contributed by atoms with E-state index in [4.69, 9.17) is 25.8 Å². The molecule has 2 aliphatic heterocycles. The Morgan fingerprint density at radius 3 is 2.57 bits per heavy atom. The number of halogens is 2. The number of unbranched alkanes of at least 4 members (excludes halogenated alkanes) is 1. The van der Waals surface area contributed by atoms with Crippen molar-refractivity contribution in [1.29, 1.82) is 0 Å². The van der Waals surface area contributed by atoms with Gasteiger partial charge in [0.15, 0.2) is 0 Å². The first-order valence-corrected chi connectivity index (χ1v) is 14.7. The summed E-state index contributed by atoms with van der Waals surface area (Å²) in [6.07, 6.45) is 4.25. The van der Waals surface area contributed by atoms with Crippen LogP contribution in [0.25, 0.3) is 0 Å². The number of carbonyl (C=O) groups is 2. The highest BCUT2D eigenvalue weighted by molar-refractivity contribution is 14.1. The molecule has 2 atom stereocenters. The Balaban J connectivity index is 1.49. The summed E-state index contributed by atoms with van der Waals surface area (Å²) in [7, 11) is 0. The molecule has 2 heterocycles. The van der Waals surface area contributed by atoms with Gasteiger partial charge in [0.1, 0.15) is 12.4 Å². The topological polar surface area (TPSA) is 65.1 Å². The van der Waals surface area contributed by atoms with Crippen LogP contribution in [0.1, 0.15) is 56.1 Å². The highest BCUT2D eigenvalue weighted by Gasteiger charge is 2.38. The van der Waals surface area contributed by atoms with Crippen molar-refractivity contribution in [3.8, 4) is 5.75 Å². The standard InChI is InChI=1S/C29H33ClINO5/c1-20-28(29(34)37-19-21-6-12-24(13-7-21)35-15-3-2-14-31)26(22-8-10-23(30)11-9-22)17-27(33)32(20)18-25-5-4-16-36-25/h6-13,25-26H,2-5,14-19H2,1H3/t25-,26?/m1/s1. The van der Waals surface area contributed by atoms with Gasteiger partial charge in [-0.1, -0.05) is 58.5 Å². The van der Waals surface area contributed by atoms with Gasteiger partial charge in [0.25, 0.3) is 0 Å². The Kier molecular flexibility index (Phi) is 10.3. The van der Waals surface area contributed by atoms with E-state index >= 15 is 0 Å². The molecular formula is C29H33ClINO5. The Hall–Kier alpha value is -2.10. The molecule has 0 saturated carbocycles. The number of rotatable bonds is 11. The van der Waals surface area contributed by atoms with Gasteiger partial charge >= 0.3 is 5.97 Å². The highest BCUT2D eigenvalue weighted by Crippen LogP contribution is 2.38. The Morgan fingerprint density at radius 2 is 1.89 bits per heavy atom. The summed E-state index contributed by atoms with van der Waals surface area (Å²) in [6.45, 7) is 3.82. The molecule has 6 nitrogen and oxygen atoms in total. The summed E-state index contributed by atoms with van der Waals surface area (Å²) in [5.41, 5.74) is 2.88. The quantitative estimate of drug-likeness (QED) is 0.123. The van der Waals surface area contributed by atoms with Crippen LogP contribution in [0, 0.1) is 0 Å². The van der Waals surface area contributed by atoms with E-state index in [1.807, 2.05) is 43.3 Å². The van der Waals surface area contributed by atoms with E-state index in [1.165, 1.54) is 0 Å². The van der Waals surface area contributed by atoms with Crippen LogP contribution < -0.4 is 4.74 Å². The lowest BCUT2D eigenvalue weighted by Crippen LogP contribution is -2.42. The minimum absolute atomic E-state index is 0.00874. The van der Waals surface area contributed by atoms with E-state index in [1.54, 1.807) is 17.0 Å². The third kappa shape index (κ3) is 7.48. The molecule has 4 rings (SSSR count). The number of allylic oxidation sites excluding steroid dienone is 1. The normalized spacial score (nSPS) is 19.9. The number of esters is 1. The molecule has 0 N–H and O–H groups in total. The van der Waals surface area contributed by atoms with Crippen LogP contribution in [0.2, 0.25) is 5.02 Å². The van der Waals surface area contributed by atoms with Crippen molar-refractivity contribution in [2.75, 3.05) is 24.2 Å². The molecule has 2 aromatic carbocycles. The van der Waals surface area contributed by atoms with Crippen LogP contribution in [0.15, 0.2) is 59.8 Å². The summed E-state index contributed by atoms with van der Waals surface area (Å²) in [6, 6.07) is 14.9. The maximum absolute atomic E-state index is 13.5. The van der Waals surface area contributed by atoms with Crippen molar-refractivity contribution in [2.24, 2.45) is 0 Å². The summed E-state index contributed by atoms with van der Waals surface area (Å²) >= 11 is 8.46. The average Bonchev–Trinajstić information content (AvgIpc) is 3.42. The fourth-order valence-electron chi connectivity index (χ4n) is 4.77. The monoisotopic (exact) mass is 637 g/mol.